The normalized spacial score (nSPS) is 9.00. The number of halogens is 1. The molecule has 0 fully saturated rings. The van der Waals surface area contributed by atoms with Crippen molar-refractivity contribution in [2.75, 3.05) is 6.61 Å². The van der Waals surface area contributed by atoms with Crippen LogP contribution in [-0.4, -0.2) is 22.8 Å². The molecule has 2 N–H and O–H groups in total. The maximum Gasteiger partial charge on any atom is 0.337 e. The van der Waals surface area contributed by atoms with E-state index < -0.39 is 5.97 Å². The maximum absolute atomic E-state index is 10.7. The first-order valence-electron chi connectivity index (χ1n) is 3.78. The van der Waals surface area contributed by atoms with Gasteiger partial charge < -0.3 is 10.2 Å². The number of hydrogen-bond donors (Lipinski definition) is 2. The highest BCUT2D eigenvalue weighted by atomic mass is 35.5. The minimum atomic E-state index is -1.09. The smallest absolute Gasteiger partial charge is 0.337 e. The van der Waals surface area contributed by atoms with E-state index in [0.29, 0.717) is 5.56 Å². The van der Waals surface area contributed by atoms with Gasteiger partial charge in [-0.2, -0.15) is 0 Å². The Hall–Kier alpha value is -1.50. The highest BCUT2D eigenvalue weighted by Crippen LogP contribution is 2.20. The topological polar surface area (TPSA) is 57.5 Å². The fourth-order valence-electron chi connectivity index (χ4n) is 0.928. The number of aliphatic hydroxyl groups is 1. The van der Waals surface area contributed by atoms with Crippen molar-refractivity contribution in [2.45, 2.75) is 0 Å². The molecule has 1 aromatic rings. The Balaban J connectivity index is 3.20. The average molecular weight is 211 g/mol. The van der Waals surface area contributed by atoms with Crippen molar-refractivity contribution in [3.63, 3.8) is 0 Å². The molecule has 0 bridgehead atoms. The molecule has 0 aliphatic carbocycles. The molecule has 14 heavy (non-hydrogen) atoms. The van der Waals surface area contributed by atoms with Crippen LogP contribution < -0.4 is 0 Å². The summed E-state index contributed by atoms with van der Waals surface area (Å²) in [6.07, 6.45) is 0. The van der Waals surface area contributed by atoms with Gasteiger partial charge in [-0.1, -0.05) is 29.5 Å². The third-order valence-corrected chi connectivity index (χ3v) is 1.94. The van der Waals surface area contributed by atoms with Crippen LogP contribution in [0.15, 0.2) is 18.2 Å². The average Bonchev–Trinajstić information content (AvgIpc) is 2.16. The number of aromatic carboxylic acids is 1. The van der Waals surface area contributed by atoms with Gasteiger partial charge in [0.05, 0.1) is 10.6 Å². The number of carboxylic acids is 1. The van der Waals surface area contributed by atoms with Gasteiger partial charge in [-0.25, -0.2) is 4.79 Å². The standard InChI is InChI=1S/C10H7ClO3/c11-9-7(4-2-6-12)3-1-5-8(9)10(13)14/h1,3,5,12H,6H2,(H,13,14). The number of carbonyl (C=O) groups is 1. The van der Waals surface area contributed by atoms with Crippen LogP contribution in [0.1, 0.15) is 15.9 Å². The lowest BCUT2D eigenvalue weighted by molar-refractivity contribution is 0.0697. The molecular weight excluding hydrogens is 204 g/mol. The number of benzene rings is 1. The molecule has 0 atom stereocenters. The highest BCUT2D eigenvalue weighted by molar-refractivity contribution is 6.34. The largest absolute Gasteiger partial charge is 0.478 e. The molecule has 0 amide bonds. The monoisotopic (exact) mass is 210 g/mol. The van der Waals surface area contributed by atoms with E-state index in [2.05, 4.69) is 11.8 Å². The molecule has 0 saturated heterocycles. The molecule has 0 saturated carbocycles. The van der Waals surface area contributed by atoms with Gasteiger partial charge in [0.25, 0.3) is 0 Å². The minimum Gasteiger partial charge on any atom is -0.478 e. The molecule has 0 aliphatic heterocycles. The number of rotatable bonds is 1. The van der Waals surface area contributed by atoms with Gasteiger partial charge in [0.2, 0.25) is 0 Å². The molecule has 72 valence electrons. The van der Waals surface area contributed by atoms with Crippen LogP contribution in [0.2, 0.25) is 5.02 Å². The van der Waals surface area contributed by atoms with Crippen molar-refractivity contribution in [1.29, 1.82) is 0 Å². The van der Waals surface area contributed by atoms with Gasteiger partial charge >= 0.3 is 5.97 Å². The van der Waals surface area contributed by atoms with Gasteiger partial charge in [0, 0.05) is 5.56 Å². The quantitative estimate of drug-likeness (QED) is 0.689. The van der Waals surface area contributed by atoms with E-state index in [-0.39, 0.29) is 17.2 Å². The Kier molecular flexibility index (Phi) is 3.52. The Labute approximate surface area is 85.9 Å². The summed E-state index contributed by atoms with van der Waals surface area (Å²) in [5, 5.41) is 17.3. The SMILES string of the molecule is O=C(O)c1cccc(C#CCO)c1Cl. The number of carboxylic acid groups (broad SMARTS) is 1. The summed E-state index contributed by atoms with van der Waals surface area (Å²) in [5.74, 6) is 3.87. The molecular formula is C10H7ClO3. The highest BCUT2D eigenvalue weighted by Gasteiger charge is 2.10. The predicted molar refractivity (Wildman–Crippen MR) is 52.4 cm³/mol. The van der Waals surface area contributed by atoms with Crippen LogP contribution in [0.25, 0.3) is 0 Å². The summed E-state index contributed by atoms with van der Waals surface area (Å²) in [6.45, 7) is -0.284. The Morgan fingerprint density at radius 1 is 1.50 bits per heavy atom. The van der Waals surface area contributed by atoms with Gasteiger partial charge in [-0.05, 0) is 12.1 Å². The van der Waals surface area contributed by atoms with Gasteiger partial charge in [0.15, 0.2) is 0 Å². The second kappa shape index (κ2) is 4.66. The number of aliphatic hydroxyl groups excluding tert-OH is 1. The van der Waals surface area contributed by atoms with Crippen molar-refractivity contribution < 1.29 is 15.0 Å². The Morgan fingerprint density at radius 2 is 2.21 bits per heavy atom. The molecule has 4 heteroatoms. The van der Waals surface area contributed by atoms with Crippen LogP contribution in [0.3, 0.4) is 0 Å². The third kappa shape index (κ3) is 2.25. The summed E-state index contributed by atoms with van der Waals surface area (Å²) in [4.78, 5) is 10.7. The minimum absolute atomic E-state index is 0.0106. The zero-order chi connectivity index (χ0) is 10.6. The molecule has 0 heterocycles. The van der Waals surface area contributed by atoms with Crippen LogP contribution in [0.4, 0.5) is 0 Å². The molecule has 0 radical (unpaired) electrons. The van der Waals surface area contributed by atoms with E-state index in [0.717, 1.165) is 0 Å². The van der Waals surface area contributed by atoms with Crippen molar-refractivity contribution in [2.24, 2.45) is 0 Å². The van der Waals surface area contributed by atoms with Gasteiger partial charge in [0.1, 0.15) is 6.61 Å². The summed E-state index contributed by atoms with van der Waals surface area (Å²) in [7, 11) is 0. The number of hydrogen-bond acceptors (Lipinski definition) is 2. The molecule has 0 spiro atoms. The maximum atomic E-state index is 10.7. The fourth-order valence-corrected chi connectivity index (χ4v) is 1.18. The van der Waals surface area contributed by atoms with Crippen molar-refractivity contribution in [3.8, 4) is 11.8 Å². The van der Waals surface area contributed by atoms with E-state index in [9.17, 15) is 4.79 Å². The third-order valence-electron chi connectivity index (χ3n) is 1.53. The zero-order valence-electron chi connectivity index (χ0n) is 7.12. The molecule has 0 unspecified atom stereocenters. The molecule has 3 nitrogen and oxygen atoms in total. The lowest BCUT2D eigenvalue weighted by Gasteiger charge is -1.99. The van der Waals surface area contributed by atoms with Crippen molar-refractivity contribution in [1.82, 2.24) is 0 Å². The van der Waals surface area contributed by atoms with Crippen LogP contribution in [0, 0.1) is 11.8 Å². The molecule has 0 aliphatic rings. The predicted octanol–water partition coefficient (Wildman–Crippen LogP) is 1.38. The van der Waals surface area contributed by atoms with E-state index in [1.165, 1.54) is 6.07 Å². The Bertz CT molecular complexity index is 415. The van der Waals surface area contributed by atoms with Crippen molar-refractivity contribution in [3.05, 3.63) is 34.3 Å². The molecule has 0 aromatic heterocycles. The lowest BCUT2D eigenvalue weighted by Crippen LogP contribution is -1.98. The van der Waals surface area contributed by atoms with E-state index in [1.54, 1.807) is 12.1 Å². The van der Waals surface area contributed by atoms with E-state index in [4.69, 9.17) is 21.8 Å². The van der Waals surface area contributed by atoms with Crippen molar-refractivity contribution >= 4 is 17.6 Å². The summed E-state index contributed by atoms with van der Waals surface area (Å²) >= 11 is 5.77. The van der Waals surface area contributed by atoms with Gasteiger partial charge in [-0.3, -0.25) is 0 Å². The second-order valence-electron chi connectivity index (χ2n) is 2.43. The van der Waals surface area contributed by atoms with Gasteiger partial charge in [-0.15, -0.1) is 0 Å². The first-order chi connectivity index (χ1) is 6.66. The zero-order valence-corrected chi connectivity index (χ0v) is 7.88. The molecule has 1 rings (SSSR count). The fraction of sp³-hybridized carbons (Fsp3) is 0.100. The second-order valence-corrected chi connectivity index (χ2v) is 2.81. The van der Waals surface area contributed by atoms with Crippen LogP contribution in [-0.2, 0) is 0 Å². The summed E-state index contributed by atoms with van der Waals surface area (Å²) < 4.78 is 0. The van der Waals surface area contributed by atoms with Crippen LogP contribution >= 0.6 is 11.6 Å². The Morgan fingerprint density at radius 3 is 2.79 bits per heavy atom. The lowest BCUT2D eigenvalue weighted by atomic mass is 10.1. The molecule has 1 aromatic carbocycles. The summed E-state index contributed by atoms with van der Waals surface area (Å²) in [6, 6.07) is 4.54. The first kappa shape index (κ1) is 10.6. The van der Waals surface area contributed by atoms with E-state index >= 15 is 0 Å². The van der Waals surface area contributed by atoms with E-state index in [1.807, 2.05) is 0 Å². The van der Waals surface area contributed by atoms with Crippen LogP contribution in [0.5, 0.6) is 0 Å². The first-order valence-corrected chi connectivity index (χ1v) is 4.16. The summed E-state index contributed by atoms with van der Waals surface area (Å²) in [5.41, 5.74) is 0.414.